The maximum atomic E-state index is 12.4. The molecule has 2 fully saturated rings. The molecule has 0 unspecified atom stereocenters. The van der Waals surface area contributed by atoms with E-state index in [0.717, 1.165) is 44.6 Å². The Balaban J connectivity index is 1.45. The zero-order chi connectivity index (χ0) is 19.9. The third-order valence-corrected chi connectivity index (χ3v) is 5.32. The van der Waals surface area contributed by atoms with E-state index in [0.29, 0.717) is 25.2 Å². The number of rotatable bonds is 5. The van der Waals surface area contributed by atoms with Crippen molar-refractivity contribution >= 4 is 23.8 Å². The van der Waals surface area contributed by atoms with Gasteiger partial charge in [-0.3, -0.25) is 19.3 Å². The molecule has 2 heterocycles. The Labute approximate surface area is 166 Å². The summed E-state index contributed by atoms with van der Waals surface area (Å²) < 4.78 is 0. The lowest BCUT2D eigenvalue weighted by Crippen LogP contribution is -2.51. The van der Waals surface area contributed by atoms with E-state index < -0.39 is 0 Å². The number of hydrogen-bond acceptors (Lipinski definition) is 4. The van der Waals surface area contributed by atoms with Crippen molar-refractivity contribution in [1.29, 1.82) is 0 Å². The molecule has 28 heavy (non-hydrogen) atoms. The topological polar surface area (TPSA) is 73.0 Å². The van der Waals surface area contributed by atoms with Crippen LogP contribution in [0.2, 0.25) is 0 Å². The number of carbonyl (C=O) groups is 3. The third kappa shape index (κ3) is 5.19. The summed E-state index contributed by atoms with van der Waals surface area (Å²) in [6, 6.07) is 7.10. The number of piperazine rings is 1. The molecule has 2 aliphatic heterocycles. The standard InChI is InChI=1S/C21H28N4O3/c1-22-21(28)18-7-4-17(5-8-18)6-9-19(26)25-14-12-23(13-15-25)16-20(27)24-10-2-3-11-24/h4-9H,2-3,10-16H2,1H3,(H,22,28)/b9-6+. The van der Waals surface area contributed by atoms with Crippen LogP contribution >= 0.6 is 0 Å². The van der Waals surface area contributed by atoms with Crippen molar-refractivity contribution in [1.82, 2.24) is 20.0 Å². The Hall–Kier alpha value is -2.67. The lowest BCUT2D eigenvalue weighted by Gasteiger charge is -2.34. The zero-order valence-corrected chi connectivity index (χ0v) is 16.4. The van der Waals surface area contributed by atoms with Gasteiger partial charge >= 0.3 is 0 Å². The minimum absolute atomic E-state index is 0.0269. The molecule has 2 aliphatic rings. The monoisotopic (exact) mass is 384 g/mol. The number of benzene rings is 1. The maximum Gasteiger partial charge on any atom is 0.251 e. The molecule has 150 valence electrons. The minimum Gasteiger partial charge on any atom is -0.355 e. The van der Waals surface area contributed by atoms with Crippen LogP contribution in [-0.2, 0) is 9.59 Å². The van der Waals surface area contributed by atoms with Crippen LogP contribution in [0.25, 0.3) is 6.08 Å². The summed E-state index contributed by atoms with van der Waals surface area (Å²) in [6.07, 6.45) is 5.54. The van der Waals surface area contributed by atoms with E-state index in [1.165, 1.54) is 0 Å². The second kappa shape index (κ2) is 9.50. The Kier molecular flexibility index (Phi) is 6.81. The van der Waals surface area contributed by atoms with Crippen molar-refractivity contribution in [3.8, 4) is 0 Å². The summed E-state index contributed by atoms with van der Waals surface area (Å²) in [6.45, 7) is 4.92. The molecular formula is C21H28N4O3. The van der Waals surface area contributed by atoms with Gasteiger partial charge in [-0.05, 0) is 36.6 Å². The van der Waals surface area contributed by atoms with Crippen molar-refractivity contribution in [3.05, 3.63) is 41.5 Å². The Morgan fingerprint density at radius 3 is 2.18 bits per heavy atom. The predicted molar refractivity (Wildman–Crippen MR) is 108 cm³/mol. The molecule has 3 amide bonds. The van der Waals surface area contributed by atoms with Gasteiger partial charge in [-0.1, -0.05) is 12.1 Å². The molecule has 0 aromatic heterocycles. The second-order valence-electron chi connectivity index (χ2n) is 7.22. The van der Waals surface area contributed by atoms with Gasteiger partial charge in [-0.15, -0.1) is 0 Å². The highest BCUT2D eigenvalue weighted by molar-refractivity contribution is 5.94. The third-order valence-electron chi connectivity index (χ3n) is 5.32. The molecule has 0 spiro atoms. The van der Waals surface area contributed by atoms with Gasteiger partial charge in [-0.25, -0.2) is 0 Å². The summed E-state index contributed by atoms with van der Waals surface area (Å²) >= 11 is 0. The van der Waals surface area contributed by atoms with Crippen LogP contribution in [0.1, 0.15) is 28.8 Å². The summed E-state index contributed by atoms with van der Waals surface area (Å²) in [5.41, 5.74) is 1.46. The molecular weight excluding hydrogens is 356 g/mol. The van der Waals surface area contributed by atoms with Crippen molar-refractivity contribution in [3.63, 3.8) is 0 Å². The van der Waals surface area contributed by atoms with E-state index in [-0.39, 0.29) is 17.7 Å². The minimum atomic E-state index is -0.132. The summed E-state index contributed by atoms with van der Waals surface area (Å²) in [5.74, 6) is 0.0472. The van der Waals surface area contributed by atoms with E-state index >= 15 is 0 Å². The summed E-state index contributed by atoms with van der Waals surface area (Å²) in [7, 11) is 1.59. The first-order valence-corrected chi connectivity index (χ1v) is 9.86. The van der Waals surface area contributed by atoms with Crippen LogP contribution in [0.3, 0.4) is 0 Å². The van der Waals surface area contributed by atoms with Gasteiger partial charge in [0.05, 0.1) is 6.54 Å². The average Bonchev–Trinajstić information content (AvgIpc) is 3.27. The van der Waals surface area contributed by atoms with Gasteiger partial charge in [0.15, 0.2) is 0 Å². The Morgan fingerprint density at radius 2 is 1.57 bits per heavy atom. The Bertz CT molecular complexity index is 731. The first-order valence-electron chi connectivity index (χ1n) is 9.86. The van der Waals surface area contributed by atoms with E-state index in [4.69, 9.17) is 0 Å². The molecule has 0 aliphatic carbocycles. The lowest BCUT2D eigenvalue weighted by molar-refractivity contribution is -0.132. The number of nitrogens with one attached hydrogen (secondary N) is 1. The van der Waals surface area contributed by atoms with Crippen molar-refractivity contribution in [2.24, 2.45) is 0 Å². The molecule has 0 saturated carbocycles. The highest BCUT2D eigenvalue weighted by Crippen LogP contribution is 2.10. The van der Waals surface area contributed by atoms with Crippen LogP contribution in [0, 0.1) is 0 Å². The molecule has 3 rings (SSSR count). The molecule has 1 aromatic carbocycles. The van der Waals surface area contributed by atoms with E-state index in [9.17, 15) is 14.4 Å². The van der Waals surface area contributed by atoms with Gasteiger partial charge in [-0.2, -0.15) is 0 Å². The zero-order valence-electron chi connectivity index (χ0n) is 16.4. The predicted octanol–water partition coefficient (Wildman–Crippen LogP) is 0.826. The highest BCUT2D eigenvalue weighted by atomic mass is 16.2. The molecule has 7 nitrogen and oxygen atoms in total. The molecule has 2 saturated heterocycles. The number of amides is 3. The van der Waals surface area contributed by atoms with E-state index in [1.54, 1.807) is 31.3 Å². The largest absolute Gasteiger partial charge is 0.355 e. The molecule has 0 bridgehead atoms. The van der Waals surface area contributed by atoms with Crippen molar-refractivity contribution in [2.45, 2.75) is 12.8 Å². The van der Waals surface area contributed by atoms with Crippen molar-refractivity contribution in [2.75, 3.05) is 52.9 Å². The number of hydrogen-bond donors (Lipinski definition) is 1. The first-order chi connectivity index (χ1) is 13.6. The van der Waals surface area contributed by atoms with Gasteiger partial charge < -0.3 is 15.1 Å². The normalized spacial score (nSPS) is 17.9. The fraction of sp³-hybridized carbons (Fsp3) is 0.476. The number of carbonyl (C=O) groups excluding carboxylic acids is 3. The molecule has 1 N–H and O–H groups in total. The fourth-order valence-corrected chi connectivity index (χ4v) is 3.55. The van der Waals surface area contributed by atoms with Crippen LogP contribution in [0.15, 0.2) is 30.3 Å². The van der Waals surface area contributed by atoms with Gasteiger partial charge in [0.25, 0.3) is 5.91 Å². The SMILES string of the molecule is CNC(=O)c1ccc(/C=C/C(=O)N2CCN(CC(=O)N3CCCC3)CC2)cc1. The smallest absolute Gasteiger partial charge is 0.251 e. The number of likely N-dealkylation sites (tertiary alicyclic amines) is 1. The van der Waals surface area contributed by atoms with E-state index in [2.05, 4.69) is 10.2 Å². The first kappa shape index (κ1) is 20.1. The molecule has 7 heteroatoms. The quantitative estimate of drug-likeness (QED) is 0.763. The highest BCUT2D eigenvalue weighted by Gasteiger charge is 2.24. The van der Waals surface area contributed by atoms with Gasteiger partial charge in [0.1, 0.15) is 0 Å². The lowest BCUT2D eigenvalue weighted by atomic mass is 10.1. The van der Waals surface area contributed by atoms with Crippen LogP contribution in [0.4, 0.5) is 0 Å². The van der Waals surface area contributed by atoms with Crippen LogP contribution < -0.4 is 5.32 Å². The van der Waals surface area contributed by atoms with Gasteiger partial charge in [0, 0.05) is 58.0 Å². The summed E-state index contributed by atoms with van der Waals surface area (Å²) in [4.78, 5) is 42.1. The molecule has 0 atom stereocenters. The van der Waals surface area contributed by atoms with Crippen LogP contribution in [-0.4, -0.2) is 85.3 Å². The maximum absolute atomic E-state index is 12.4. The second-order valence-corrected chi connectivity index (χ2v) is 7.22. The average molecular weight is 384 g/mol. The van der Waals surface area contributed by atoms with E-state index in [1.807, 2.05) is 21.9 Å². The van der Waals surface area contributed by atoms with Crippen molar-refractivity contribution < 1.29 is 14.4 Å². The van der Waals surface area contributed by atoms with Crippen LogP contribution in [0.5, 0.6) is 0 Å². The summed E-state index contributed by atoms with van der Waals surface area (Å²) in [5, 5.41) is 2.58. The Morgan fingerprint density at radius 1 is 0.929 bits per heavy atom. The number of nitrogens with zero attached hydrogens (tertiary/aromatic N) is 3. The van der Waals surface area contributed by atoms with Gasteiger partial charge in [0.2, 0.25) is 11.8 Å². The molecule has 1 aromatic rings. The fourth-order valence-electron chi connectivity index (χ4n) is 3.55. The molecule has 0 radical (unpaired) electrons.